The molecule has 0 aliphatic carbocycles. The highest BCUT2D eigenvalue weighted by Gasteiger charge is 2.24. The van der Waals surface area contributed by atoms with Gasteiger partial charge in [-0.15, -0.1) is 0 Å². The molecule has 0 spiro atoms. The predicted molar refractivity (Wildman–Crippen MR) is 110 cm³/mol. The Labute approximate surface area is 178 Å². The molecular formula is C22H20N2O7. The maximum absolute atomic E-state index is 12.5. The van der Waals surface area contributed by atoms with E-state index in [0.29, 0.717) is 11.3 Å². The molecule has 3 aromatic rings. The number of phenolic OH excluding ortho intramolecular Hbond substituents is 1. The zero-order chi connectivity index (χ0) is 22.4. The lowest BCUT2D eigenvalue weighted by molar-refractivity contribution is -0.385. The second kappa shape index (κ2) is 9.79. The number of ether oxygens (including phenoxy) is 3. The first-order chi connectivity index (χ1) is 14.9. The summed E-state index contributed by atoms with van der Waals surface area (Å²) in [7, 11) is 2.92. The first-order valence-corrected chi connectivity index (χ1v) is 9.19. The quantitative estimate of drug-likeness (QED) is 0.249. The van der Waals surface area contributed by atoms with Crippen LogP contribution in [0.1, 0.15) is 27.9 Å². The molecule has 1 heterocycles. The molecule has 0 amide bonds. The smallest absolute Gasteiger partial charge is 0.338 e. The third-order valence-corrected chi connectivity index (χ3v) is 4.50. The first kappa shape index (κ1) is 21.9. The van der Waals surface area contributed by atoms with E-state index in [1.54, 1.807) is 36.4 Å². The topological polar surface area (TPSA) is 121 Å². The molecule has 0 saturated carbocycles. The van der Waals surface area contributed by atoms with Crippen LogP contribution >= 0.6 is 0 Å². The lowest BCUT2D eigenvalue weighted by atomic mass is 10.0. The third kappa shape index (κ3) is 5.03. The Bertz CT molecular complexity index is 1070. The van der Waals surface area contributed by atoms with E-state index in [-0.39, 0.29) is 17.7 Å². The molecule has 0 bridgehead atoms. The number of hydrogen-bond acceptors (Lipinski definition) is 8. The van der Waals surface area contributed by atoms with Crippen LogP contribution in [0.25, 0.3) is 11.1 Å². The molecule has 3 rings (SSSR count). The van der Waals surface area contributed by atoms with Crippen molar-refractivity contribution in [3.8, 4) is 16.9 Å². The summed E-state index contributed by atoms with van der Waals surface area (Å²) in [6, 6.07) is 14.5. The molecule has 9 heteroatoms. The monoisotopic (exact) mass is 424 g/mol. The fourth-order valence-corrected chi connectivity index (χ4v) is 2.94. The number of benzene rings is 2. The number of aromatic nitrogens is 1. The number of phenols is 1. The van der Waals surface area contributed by atoms with E-state index in [9.17, 15) is 20.0 Å². The van der Waals surface area contributed by atoms with E-state index in [4.69, 9.17) is 14.2 Å². The van der Waals surface area contributed by atoms with Gasteiger partial charge in [0.15, 0.2) is 0 Å². The number of methoxy groups -OCH3 is 2. The van der Waals surface area contributed by atoms with E-state index in [2.05, 4.69) is 4.98 Å². The fraction of sp³-hybridized carbons (Fsp3) is 0.182. The molecule has 0 fully saturated rings. The Balaban J connectivity index is 1.94. The highest BCUT2D eigenvalue weighted by Crippen LogP contribution is 2.38. The van der Waals surface area contributed by atoms with Crippen molar-refractivity contribution in [3.05, 3.63) is 87.7 Å². The maximum Gasteiger partial charge on any atom is 0.338 e. The fourth-order valence-electron chi connectivity index (χ4n) is 2.94. The number of carbonyl (C=O) groups is 1. The number of nitro groups is 1. The van der Waals surface area contributed by atoms with Crippen LogP contribution in [-0.4, -0.2) is 35.2 Å². The Morgan fingerprint density at radius 3 is 2.42 bits per heavy atom. The van der Waals surface area contributed by atoms with Gasteiger partial charge in [0, 0.05) is 37.6 Å². The summed E-state index contributed by atoms with van der Waals surface area (Å²) in [5, 5.41) is 21.9. The number of nitro benzene ring substituents is 1. The normalized spacial score (nSPS) is 10.8. The molecule has 9 nitrogen and oxygen atoms in total. The Hall–Kier alpha value is -3.82. The van der Waals surface area contributed by atoms with Gasteiger partial charge < -0.3 is 19.3 Å². The molecule has 160 valence electrons. The van der Waals surface area contributed by atoms with Gasteiger partial charge in [-0.1, -0.05) is 36.4 Å². The minimum atomic E-state index is -0.763. The van der Waals surface area contributed by atoms with Crippen molar-refractivity contribution >= 4 is 11.7 Å². The van der Waals surface area contributed by atoms with Crippen LogP contribution in [0.4, 0.5) is 5.69 Å². The van der Waals surface area contributed by atoms with Gasteiger partial charge in [-0.3, -0.25) is 15.1 Å². The van der Waals surface area contributed by atoms with Crippen LogP contribution in [0.2, 0.25) is 0 Å². The average Bonchev–Trinajstić information content (AvgIpc) is 2.79. The lowest BCUT2D eigenvalue weighted by Crippen LogP contribution is -2.07. The molecule has 31 heavy (non-hydrogen) atoms. The van der Waals surface area contributed by atoms with Crippen molar-refractivity contribution in [1.29, 1.82) is 0 Å². The van der Waals surface area contributed by atoms with Crippen molar-refractivity contribution in [2.45, 2.75) is 12.9 Å². The number of aromatic hydroxyl groups is 1. The number of hydrogen-bond donors (Lipinski definition) is 1. The van der Waals surface area contributed by atoms with Crippen LogP contribution in [0.5, 0.6) is 5.75 Å². The van der Waals surface area contributed by atoms with E-state index >= 15 is 0 Å². The zero-order valence-electron chi connectivity index (χ0n) is 16.8. The number of pyridine rings is 1. The average molecular weight is 424 g/mol. The summed E-state index contributed by atoms with van der Waals surface area (Å²) in [6.07, 6.45) is 0.717. The van der Waals surface area contributed by atoms with E-state index < -0.39 is 28.6 Å². The standard InChI is InChI=1S/C22H20N2O7/c1-29-22(30-2)18-9-8-15(12-23-18)17-10-16(11-19(20(17)25)24(27)28)21(26)31-13-14-6-4-3-5-7-14/h3-12,22,25H,13H2,1-2H3. The Morgan fingerprint density at radius 2 is 1.84 bits per heavy atom. The molecule has 0 aliphatic rings. The number of nitrogens with zero attached hydrogens (tertiary/aromatic N) is 2. The summed E-state index contributed by atoms with van der Waals surface area (Å²) in [5.41, 5.74) is 1.02. The van der Waals surface area contributed by atoms with Crippen LogP contribution in [0.3, 0.4) is 0 Å². The van der Waals surface area contributed by atoms with Gasteiger partial charge in [0.1, 0.15) is 6.61 Å². The van der Waals surface area contributed by atoms with Gasteiger partial charge in [-0.05, 0) is 17.7 Å². The number of carbonyl (C=O) groups excluding carboxylic acids is 1. The molecule has 0 saturated heterocycles. The second-order valence-corrected chi connectivity index (χ2v) is 6.49. The number of rotatable bonds is 8. The molecule has 0 unspecified atom stereocenters. The predicted octanol–water partition coefficient (Wildman–Crippen LogP) is 4.01. The van der Waals surface area contributed by atoms with Gasteiger partial charge in [-0.2, -0.15) is 0 Å². The van der Waals surface area contributed by atoms with E-state index in [1.165, 1.54) is 26.5 Å². The van der Waals surface area contributed by atoms with Crippen molar-refractivity contribution in [2.75, 3.05) is 14.2 Å². The molecule has 2 aromatic carbocycles. The first-order valence-electron chi connectivity index (χ1n) is 9.19. The van der Waals surface area contributed by atoms with Crippen LogP contribution in [0.15, 0.2) is 60.8 Å². The minimum absolute atomic E-state index is 0.00928. The molecular weight excluding hydrogens is 404 g/mol. The molecule has 0 radical (unpaired) electrons. The highest BCUT2D eigenvalue weighted by molar-refractivity contribution is 5.93. The second-order valence-electron chi connectivity index (χ2n) is 6.49. The highest BCUT2D eigenvalue weighted by atomic mass is 16.7. The van der Waals surface area contributed by atoms with Crippen molar-refractivity contribution in [3.63, 3.8) is 0 Å². The van der Waals surface area contributed by atoms with Gasteiger partial charge >= 0.3 is 11.7 Å². The summed E-state index contributed by atoms with van der Waals surface area (Å²) < 4.78 is 15.5. The zero-order valence-corrected chi connectivity index (χ0v) is 16.8. The van der Waals surface area contributed by atoms with Gasteiger partial charge in [0.2, 0.25) is 12.0 Å². The Kier molecular flexibility index (Phi) is 6.91. The van der Waals surface area contributed by atoms with Gasteiger partial charge in [0.05, 0.1) is 16.2 Å². The summed E-state index contributed by atoms with van der Waals surface area (Å²) in [4.78, 5) is 27.4. The van der Waals surface area contributed by atoms with Crippen LogP contribution in [0, 0.1) is 10.1 Å². The lowest BCUT2D eigenvalue weighted by Gasteiger charge is -2.13. The molecule has 0 atom stereocenters. The molecule has 1 aromatic heterocycles. The SMILES string of the molecule is COC(OC)c1ccc(-c2cc(C(=O)OCc3ccccc3)cc([N+](=O)[O-])c2O)cn1. The van der Waals surface area contributed by atoms with E-state index in [0.717, 1.165) is 11.6 Å². The van der Waals surface area contributed by atoms with Gasteiger partial charge in [-0.25, -0.2) is 4.79 Å². The Morgan fingerprint density at radius 1 is 1.13 bits per heavy atom. The number of esters is 1. The van der Waals surface area contributed by atoms with Crippen LogP contribution < -0.4 is 0 Å². The van der Waals surface area contributed by atoms with E-state index in [1.807, 2.05) is 6.07 Å². The summed E-state index contributed by atoms with van der Waals surface area (Å²) in [5.74, 6) is -1.33. The largest absolute Gasteiger partial charge is 0.502 e. The van der Waals surface area contributed by atoms with Gasteiger partial charge in [0.25, 0.3) is 0 Å². The molecule has 1 N–H and O–H groups in total. The molecule has 0 aliphatic heterocycles. The summed E-state index contributed by atoms with van der Waals surface area (Å²) >= 11 is 0. The van der Waals surface area contributed by atoms with Crippen molar-refractivity contribution < 1.29 is 29.0 Å². The van der Waals surface area contributed by atoms with Crippen molar-refractivity contribution in [2.24, 2.45) is 0 Å². The third-order valence-electron chi connectivity index (χ3n) is 4.50. The van der Waals surface area contributed by atoms with Crippen LogP contribution in [-0.2, 0) is 20.8 Å². The minimum Gasteiger partial charge on any atom is -0.502 e. The summed E-state index contributed by atoms with van der Waals surface area (Å²) in [6.45, 7) is 0.00928. The van der Waals surface area contributed by atoms with Crippen molar-refractivity contribution in [1.82, 2.24) is 4.98 Å². The maximum atomic E-state index is 12.5.